The van der Waals surface area contributed by atoms with Crippen molar-refractivity contribution in [2.75, 3.05) is 41.3 Å². The standard InChI is InChI=1S/C13H20ClN3O/c1-16(2)13(17(3)4)15-9-10-18-12-8-6-5-7-11(12)14/h5-8H,9-10H2,1-4H3. The summed E-state index contributed by atoms with van der Waals surface area (Å²) in [6.07, 6.45) is 0. The van der Waals surface area contributed by atoms with Gasteiger partial charge in [-0.25, -0.2) is 4.99 Å². The van der Waals surface area contributed by atoms with Crippen LogP contribution in [0, 0.1) is 0 Å². The Morgan fingerprint density at radius 3 is 2.33 bits per heavy atom. The van der Waals surface area contributed by atoms with Crippen LogP contribution in [0.15, 0.2) is 29.3 Å². The molecule has 0 fully saturated rings. The van der Waals surface area contributed by atoms with E-state index < -0.39 is 0 Å². The Morgan fingerprint density at radius 1 is 1.17 bits per heavy atom. The molecular weight excluding hydrogens is 250 g/mol. The van der Waals surface area contributed by atoms with Crippen LogP contribution >= 0.6 is 11.6 Å². The molecule has 0 N–H and O–H groups in total. The Labute approximate surface area is 114 Å². The zero-order valence-electron chi connectivity index (χ0n) is 11.4. The molecule has 100 valence electrons. The van der Waals surface area contributed by atoms with Crippen LogP contribution in [-0.2, 0) is 0 Å². The minimum absolute atomic E-state index is 0.509. The number of halogens is 1. The van der Waals surface area contributed by atoms with Crippen LogP contribution in [0.1, 0.15) is 0 Å². The van der Waals surface area contributed by atoms with Gasteiger partial charge >= 0.3 is 0 Å². The Hall–Kier alpha value is -1.42. The van der Waals surface area contributed by atoms with Gasteiger partial charge in [0, 0.05) is 28.2 Å². The summed E-state index contributed by atoms with van der Waals surface area (Å²) in [6, 6.07) is 7.44. The first-order chi connectivity index (χ1) is 8.52. The van der Waals surface area contributed by atoms with Crippen LogP contribution in [0.4, 0.5) is 0 Å². The second-order valence-corrected chi connectivity index (χ2v) is 4.66. The molecule has 0 aliphatic carbocycles. The minimum atomic E-state index is 0.509. The van der Waals surface area contributed by atoms with Gasteiger partial charge in [0.05, 0.1) is 11.6 Å². The molecule has 0 aliphatic rings. The Morgan fingerprint density at radius 2 is 1.78 bits per heavy atom. The summed E-state index contributed by atoms with van der Waals surface area (Å²) in [5.74, 6) is 1.61. The maximum absolute atomic E-state index is 5.99. The second-order valence-electron chi connectivity index (χ2n) is 4.25. The lowest BCUT2D eigenvalue weighted by atomic mass is 10.3. The van der Waals surface area contributed by atoms with Crippen LogP contribution in [-0.4, -0.2) is 57.1 Å². The largest absolute Gasteiger partial charge is 0.490 e. The van der Waals surface area contributed by atoms with E-state index in [-0.39, 0.29) is 0 Å². The fraction of sp³-hybridized carbons (Fsp3) is 0.462. The maximum atomic E-state index is 5.99. The molecule has 1 aromatic carbocycles. The van der Waals surface area contributed by atoms with Crippen molar-refractivity contribution in [3.63, 3.8) is 0 Å². The summed E-state index contributed by atoms with van der Waals surface area (Å²) in [7, 11) is 7.86. The van der Waals surface area contributed by atoms with E-state index in [1.807, 2.05) is 62.3 Å². The van der Waals surface area contributed by atoms with Gasteiger partial charge in [0.15, 0.2) is 5.96 Å². The summed E-state index contributed by atoms with van der Waals surface area (Å²) in [5, 5.41) is 0.627. The molecule has 1 aromatic rings. The van der Waals surface area contributed by atoms with Crippen molar-refractivity contribution < 1.29 is 4.74 Å². The van der Waals surface area contributed by atoms with Crippen LogP contribution in [0.5, 0.6) is 5.75 Å². The van der Waals surface area contributed by atoms with Gasteiger partial charge in [0.2, 0.25) is 0 Å². The number of hydrogen-bond donors (Lipinski definition) is 0. The van der Waals surface area contributed by atoms with Gasteiger partial charge in [-0.2, -0.15) is 0 Å². The highest BCUT2D eigenvalue weighted by molar-refractivity contribution is 6.32. The fourth-order valence-corrected chi connectivity index (χ4v) is 1.74. The third-order valence-corrected chi connectivity index (χ3v) is 2.55. The SMILES string of the molecule is CN(C)C(=NCCOc1ccccc1Cl)N(C)C. The van der Waals surface area contributed by atoms with Crippen molar-refractivity contribution in [2.24, 2.45) is 4.99 Å². The number of aliphatic imine (C=N–C) groups is 1. The lowest BCUT2D eigenvalue weighted by Gasteiger charge is -2.22. The lowest BCUT2D eigenvalue weighted by Crippen LogP contribution is -2.35. The zero-order chi connectivity index (χ0) is 13.5. The predicted octanol–water partition coefficient (Wildman–Crippen LogP) is 2.20. The van der Waals surface area contributed by atoms with E-state index in [9.17, 15) is 0 Å². The summed E-state index contributed by atoms with van der Waals surface area (Å²) in [6.45, 7) is 1.10. The van der Waals surface area contributed by atoms with Crippen molar-refractivity contribution in [2.45, 2.75) is 0 Å². The van der Waals surface area contributed by atoms with Crippen LogP contribution in [0.2, 0.25) is 5.02 Å². The molecule has 0 spiro atoms. The molecule has 0 radical (unpaired) electrons. The van der Waals surface area contributed by atoms with Crippen LogP contribution in [0.3, 0.4) is 0 Å². The van der Waals surface area contributed by atoms with E-state index in [4.69, 9.17) is 16.3 Å². The van der Waals surface area contributed by atoms with Crippen LogP contribution < -0.4 is 4.74 Å². The quantitative estimate of drug-likeness (QED) is 0.477. The van der Waals surface area contributed by atoms with Crippen molar-refractivity contribution in [3.8, 4) is 5.75 Å². The molecule has 0 bridgehead atoms. The zero-order valence-corrected chi connectivity index (χ0v) is 12.1. The molecule has 0 atom stereocenters. The second kappa shape index (κ2) is 7.11. The average Bonchev–Trinajstić information content (AvgIpc) is 2.30. The maximum Gasteiger partial charge on any atom is 0.195 e. The number of hydrogen-bond acceptors (Lipinski definition) is 2. The Kier molecular flexibility index (Phi) is 5.78. The van der Waals surface area contributed by atoms with Gasteiger partial charge in [-0.3, -0.25) is 0 Å². The topological polar surface area (TPSA) is 28.1 Å². The molecule has 4 nitrogen and oxygen atoms in total. The molecule has 0 saturated carbocycles. The van der Waals surface area contributed by atoms with Crippen molar-refractivity contribution >= 4 is 17.6 Å². The van der Waals surface area contributed by atoms with Crippen molar-refractivity contribution in [1.82, 2.24) is 9.80 Å². The summed E-state index contributed by atoms with van der Waals surface area (Å²) in [5.41, 5.74) is 0. The van der Waals surface area contributed by atoms with Crippen molar-refractivity contribution in [1.29, 1.82) is 0 Å². The van der Waals surface area contributed by atoms with Gasteiger partial charge in [0.25, 0.3) is 0 Å². The molecule has 18 heavy (non-hydrogen) atoms. The number of para-hydroxylation sites is 1. The monoisotopic (exact) mass is 269 g/mol. The first-order valence-corrected chi connectivity index (χ1v) is 6.16. The summed E-state index contributed by atoms with van der Waals surface area (Å²) >= 11 is 5.99. The molecule has 0 aliphatic heterocycles. The molecule has 0 unspecified atom stereocenters. The average molecular weight is 270 g/mol. The number of rotatable bonds is 4. The van der Waals surface area contributed by atoms with E-state index in [0.29, 0.717) is 23.9 Å². The van der Waals surface area contributed by atoms with E-state index in [0.717, 1.165) is 5.96 Å². The van der Waals surface area contributed by atoms with Gasteiger partial charge in [0.1, 0.15) is 12.4 Å². The van der Waals surface area contributed by atoms with Gasteiger partial charge in [-0.05, 0) is 12.1 Å². The highest BCUT2D eigenvalue weighted by atomic mass is 35.5. The van der Waals surface area contributed by atoms with Crippen molar-refractivity contribution in [3.05, 3.63) is 29.3 Å². The smallest absolute Gasteiger partial charge is 0.195 e. The number of guanidine groups is 1. The number of benzene rings is 1. The number of ether oxygens (including phenoxy) is 1. The van der Waals surface area contributed by atoms with Gasteiger partial charge in [-0.15, -0.1) is 0 Å². The van der Waals surface area contributed by atoms with E-state index in [2.05, 4.69) is 4.99 Å². The highest BCUT2D eigenvalue weighted by Crippen LogP contribution is 2.22. The Balaban J connectivity index is 2.47. The first-order valence-electron chi connectivity index (χ1n) is 5.79. The van der Waals surface area contributed by atoms with Gasteiger partial charge < -0.3 is 14.5 Å². The summed E-state index contributed by atoms with van der Waals surface area (Å²) < 4.78 is 5.57. The van der Waals surface area contributed by atoms with Gasteiger partial charge in [-0.1, -0.05) is 23.7 Å². The molecule has 1 rings (SSSR count). The normalized spacial score (nSPS) is 9.83. The van der Waals surface area contributed by atoms with E-state index in [1.165, 1.54) is 0 Å². The highest BCUT2D eigenvalue weighted by Gasteiger charge is 2.03. The van der Waals surface area contributed by atoms with E-state index >= 15 is 0 Å². The third kappa shape index (κ3) is 4.45. The van der Waals surface area contributed by atoms with Crippen LogP contribution in [0.25, 0.3) is 0 Å². The Bertz CT molecular complexity index is 395. The molecular formula is C13H20ClN3O. The number of nitrogens with zero attached hydrogens (tertiary/aromatic N) is 3. The molecule has 5 heteroatoms. The molecule has 0 amide bonds. The van der Waals surface area contributed by atoms with E-state index in [1.54, 1.807) is 0 Å². The first kappa shape index (κ1) is 14.6. The summed E-state index contributed by atoms with van der Waals surface area (Å²) in [4.78, 5) is 8.40. The third-order valence-electron chi connectivity index (χ3n) is 2.24. The molecule has 0 saturated heterocycles. The minimum Gasteiger partial charge on any atom is -0.490 e. The molecule has 0 aromatic heterocycles. The molecule has 0 heterocycles. The predicted molar refractivity (Wildman–Crippen MR) is 76.6 cm³/mol. The fourth-order valence-electron chi connectivity index (χ4n) is 1.55. The lowest BCUT2D eigenvalue weighted by molar-refractivity contribution is 0.327.